The Balaban J connectivity index is 1.99. The lowest BCUT2D eigenvalue weighted by Crippen LogP contribution is -2.13. The Hall–Kier alpha value is -2.55. The Kier molecular flexibility index (Phi) is 3.52. The van der Waals surface area contributed by atoms with Crippen LogP contribution in [0.4, 0.5) is 14.5 Å². The Morgan fingerprint density at radius 1 is 1.17 bits per heavy atom. The number of sulfonamides is 1. The Bertz CT molecular complexity index is 1020. The summed E-state index contributed by atoms with van der Waals surface area (Å²) in [5, 5.41) is 4.89. The van der Waals surface area contributed by atoms with Crippen LogP contribution in [-0.4, -0.2) is 23.2 Å². The van der Waals surface area contributed by atoms with Crippen molar-refractivity contribution in [2.75, 3.05) is 4.72 Å². The zero-order valence-electron chi connectivity index (χ0n) is 12.2. The Morgan fingerprint density at radius 2 is 1.91 bits per heavy atom. The zero-order chi connectivity index (χ0) is 16.8. The van der Waals surface area contributed by atoms with E-state index in [2.05, 4.69) is 14.8 Å². The van der Waals surface area contributed by atoms with Gasteiger partial charge in [0.15, 0.2) is 17.3 Å². The van der Waals surface area contributed by atoms with Gasteiger partial charge < -0.3 is 0 Å². The second-order valence-corrected chi connectivity index (χ2v) is 6.67. The summed E-state index contributed by atoms with van der Waals surface area (Å²) >= 11 is 0. The molecule has 0 atom stereocenters. The molecule has 0 aliphatic heterocycles. The molecular formula is C14H12F2N4O2S. The van der Waals surface area contributed by atoms with Gasteiger partial charge in [0.25, 0.3) is 10.0 Å². The van der Waals surface area contributed by atoms with Crippen LogP contribution < -0.4 is 4.72 Å². The summed E-state index contributed by atoms with van der Waals surface area (Å²) in [5.41, 5.74) is 1.51. The highest BCUT2D eigenvalue weighted by Crippen LogP contribution is 2.22. The van der Waals surface area contributed by atoms with E-state index in [-0.39, 0.29) is 10.6 Å². The fourth-order valence-corrected chi connectivity index (χ4v) is 3.27. The van der Waals surface area contributed by atoms with Crippen molar-refractivity contribution in [3.8, 4) is 0 Å². The highest BCUT2D eigenvalue weighted by molar-refractivity contribution is 7.92. The van der Waals surface area contributed by atoms with Gasteiger partial charge in [-0.3, -0.25) is 9.40 Å². The van der Waals surface area contributed by atoms with Crippen molar-refractivity contribution in [1.29, 1.82) is 0 Å². The van der Waals surface area contributed by atoms with E-state index in [1.165, 1.54) is 6.20 Å². The van der Waals surface area contributed by atoms with Gasteiger partial charge in [-0.2, -0.15) is 5.10 Å². The SMILES string of the molecule is Cc1nn(C)c2ncc(NS(=O)(=O)c3ccc(F)c(F)c3)cc12. The van der Waals surface area contributed by atoms with E-state index in [1.54, 1.807) is 24.7 Å². The van der Waals surface area contributed by atoms with Gasteiger partial charge >= 0.3 is 0 Å². The van der Waals surface area contributed by atoms with Crippen molar-refractivity contribution in [3.05, 3.63) is 47.8 Å². The molecule has 0 saturated carbocycles. The second kappa shape index (κ2) is 5.27. The summed E-state index contributed by atoms with van der Waals surface area (Å²) in [6.45, 7) is 1.78. The highest BCUT2D eigenvalue weighted by Gasteiger charge is 2.17. The summed E-state index contributed by atoms with van der Waals surface area (Å²) < 4.78 is 54.5. The molecule has 0 fully saturated rings. The van der Waals surface area contributed by atoms with Crippen LogP contribution in [0.15, 0.2) is 35.4 Å². The average Bonchev–Trinajstić information content (AvgIpc) is 2.76. The van der Waals surface area contributed by atoms with Crippen molar-refractivity contribution >= 4 is 26.7 Å². The fourth-order valence-electron chi connectivity index (χ4n) is 2.22. The molecule has 2 heterocycles. The lowest BCUT2D eigenvalue weighted by molar-refractivity contribution is 0.504. The lowest BCUT2D eigenvalue weighted by atomic mass is 10.3. The van der Waals surface area contributed by atoms with Crippen LogP contribution in [-0.2, 0) is 17.1 Å². The average molecular weight is 338 g/mol. The number of fused-ring (bicyclic) bond motifs is 1. The molecule has 2 aromatic heterocycles. The van der Waals surface area contributed by atoms with E-state index in [1.807, 2.05) is 0 Å². The third-order valence-corrected chi connectivity index (χ3v) is 4.70. The minimum absolute atomic E-state index is 0.207. The number of pyridine rings is 1. The van der Waals surface area contributed by atoms with Gasteiger partial charge in [0.1, 0.15) is 0 Å². The van der Waals surface area contributed by atoms with Crippen LogP contribution in [0.1, 0.15) is 5.69 Å². The van der Waals surface area contributed by atoms with E-state index >= 15 is 0 Å². The molecule has 0 aliphatic rings. The fraction of sp³-hybridized carbons (Fsp3) is 0.143. The summed E-state index contributed by atoms with van der Waals surface area (Å²) in [6, 6.07) is 3.96. The number of hydrogen-bond donors (Lipinski definition) is 1. The minimum Gasteiger partial charge on any atom is -0.278 e. The Labute approximate surface area is 130 Å². The number of hydrogen-bond acceptors (Lipinski definition) is 4. The molecule has 0 saturated heterocycles. The van der Waals surface area contributed by atoms with Crippen molar-refractivity contribution < 1.29 is 17.2 Å². The number of aromatic nitrogens is 3. The molecular weight excluding hydrogens is 326 g/mol. The third kappa shape index (κ3) is 2.74. The van der Waals surface area contributed by atoms with E-state index in [4.69, 9.17) is 0 Å². The molecule has 3 rings (SSSR count). The first-order valence-electron chi connectivity index (χ1n) is 6.55. The number of aryl methyl sites for hydroxylation is 2. The molecule has 0 unspecified atom stereocenters. The number of benzene rings is 1. The summed E-state index contributed by atoms with van der Waals surface area (Å²) in [4.78, 5) is 3.77. The predicted octanol–water partition coefficient (Wildman–Crippen LogP) is 2.36. The van der Waals surface area contributed by atoms with Crippen LogP contribution >= 0.6 is 0 Å². The molecule has 23 heavy (non-hydrogen) atoms. The van der Waals surface area contributed by atoms with Crippen LogP contribution in [0.25, 0.3) is 11.0 Å². The molecule has 0 bridgehead atoms. The number of nitrogens with zero attached hydrogens (tertiary/aromatic N) is 3. The van der Waals surface area contributed by atoms with Crippen LogP contribution in [0, 0.1) is 18.6 Å². The second-order valence-electron chi connectivity index (χ2n) is 4.99. The van der Waals surface area contributed by atoms with E-state index < -0.39 is 21.7 Å². The lowest BCUT2D eigenvalue weighted by Gasteiger charge is -2.08. The first-order valence-corrected chi connectivity index (χ1v) is 8.03. The van der Waals surface area contributed by atoms with Crippen molar-refractivity contribution in [2.24, 2.45) is 7.05 Å². The van der Waals surface area contributed by atoms with Crippen LogP contribution in [0.2, 0.25) is 0 Å². The van der Waals surface area contributed by atoms with Gasteiger partial charge in [-0.1, -0.05) is 0 Å². The van der Waals surface area contributed by atoms with Gasteiger partial charge in [0, 0.05) is 12.4 Å². The molecule has 3 aromatic rings. The quantitative estimate of drug-likeness (QED) is 0.795. The first-order chi connectivity index (χ1) is 10.8. The smallest absolute Gasteiger partial charge is 0.262 e. The van der Waals surface area contributed by atoms with Crippen LogP contribution in [0.3, 0.4) is 0 Å². The van der Waals surface area contributed by atoms with Crippen molar-refractivity contribution in [1.82, 2.24) is 14.8 Å². The molecule has 1 N–H and O–H groups in total. The Morgan fingerprint density at radius 3 is 2.61 bits per heavy atom. The highest BCUT2D eigenvalue weighted by atomic mass is 32.2. The number of anilines is 1. The normalized spacial score (nSPS) is 11.8. The maximum absolute atomic E-state index is 13.2. The molecule has 0 radical (unpaired) electrons. The molecule has 1 aromatic carbocycles. The van der Waals surface area contributed by atoms with Crippen molar-refractivity contribution in [2.45, 2.75) is 11.8 Å². The first kappa shape index (κ1) is 15.3. The number of rotatable bonds is 3. The van der Waals surface area contributed by atoms with E-state index in [9.17, 15) is 17.2 Å². The summed E-state index contributed by atoms with van der Waals surface area (Å²) in [7, 11) is -2.32. The van der Waals surface area contributed by atoms with Gasteiger partial charge in [-0.25, -0.2) is 22.2 Å². The van der Waals surface area contributed by atoms with Crippen molar-refractivity contribution in [3.63, 3.8) is 0 Å². The monoisotopic (exact) mass is 338 g/mol. The van der Waals surface area contributed by atoms with Gasteiger partial charge in [0.2, 0.25) is 0 Å². The molecule has 0 spiro atoms. The number of halogens is 2. The maximum Gasteiger partial charge on any atom is 0.262 e. The van der Waals surface area contributed by atoms with E-state index in [0.29, 0.717) is 22.8 Å². The topological polar surface area (TPSA) is 76.9 Å². The maximum atomic E-state index is 13.2. The standard InChI is InChI=1S/C14H12F2N4O2S/c1-8-11-5-9(7-17-14(11)20(2)18-8)19-23(21,22)10-3-4-12(15)13(16)6-10/h3-7,19H,1-2H3. The van der Waals surface area contributed by atoms with Gasteiger partial charge in [-0.05, 0) is 31.2 Å². The third-order valence-electron chi connectivity index (χ3n) is 3.32. The molecule has 9 heteroatoms. The molecule has 120 valence electrons. The van der Waals surface area contributed by atoms with Gasteiger partial charge in [-0.15, -0.1) is 0 Å². The largest absolute Gasteiger partial charge is 0.278 e. The predicted molar refractivity (Wildman–Crippen MR) is 80.4 cm³/mol. The molecule has 6 nitrogen and oxygen atoms in total. The molecule has 0 aliphatic carbocycles. The summed E-state index contributed by atoms with van der Waals surface area (Å²) in [5.74, 6) is -2.34. The van der Waals surface area contributed by atoms with Crippen LogP contribution in [0.5, 0.6) is 0 Å². The summed E-state index contributed by atoms with van der Waals surface area (Å²) in [6.07, 6.45) is 1.33. The minimum atomic E-state index is -4.05. The number of nitrogens with one attached hydrogen (secondary N) is 1. The van der Waals surface area contributed by atoms with E-state index in [0.717, 1.165) is 12.1 Å². The van der Waals surface area contributed by atoms with Gasteiger partial charge in [0.05, 0.1) is 22.5 Å². The molecule has 0 amide bonds. The zero-order valence-corrected chi connectivity index (χ0v) is 13.0.